The Morgan fingerprint density at radius 2 is 1.38 bits per heavy atom. The maximum absolute atomic E-state index is 10.5. The molecule has 0 atom stereocenters. The van der Waals surface area contributed by atoms with Gasteiger partial charge in [-0.2, -0.15) is 0 Å². The predicted molar refractivity (Wildman–Crippen MR) is 58.4 cm³/mol. The normalized spacial score (nSPS) is 9.92. The highest BCUT2D eigenvalue weighted by Gasteiger charge is 2.10. The van der Waals surface area contributed by atoms with Gasteiger partial charge >= 0.3 is 0 Å². The number of carbonyl (C=O) groups excluding carboxylic acids is 1. The number of aldehydes is 1. The summed E-state index contributed by atoms with van der Waals surface area (Å²) in [5.41, 5.74) is 0.408. The number of halogens is 1. The lowest BCUT2D eigenvalue weighted by Gasteiger charge is -2.15. The van der Waals surface area contributed by atoms with E-state index in [4.69, 9.17) is 43.0 Å². The number of rotatable bonds is 1. The van der Waals surface area contributed by atoms with Crippen molar-refractivity contribution < 1.29 is 4.79 Å². The molecule has 54 valence electrons. The number of benzene rings is 1. The monoisotopic (exact) mass is 180 g/mol. The molecule has 0 saturated carbocycles. The van der Waals surface area contributed by atoms with Gasteiger partial charge in [-0.25, -0.2) is 0 Å². The molecule has 0 heterocycles. The summed E-state index contributed by atoms with van der Waals surface area (Å²) >= 11 is 5.70. The van der Waals surface area contributed by atoms with Gasteiger partial charge in [-0.1, -0.05) is 22.5 Å². The van der Waals surface area contributed by atoms with Gasteiger partial charge in [0.2, 0.25) is 0 Å². The van der Waals surface area contributed by atoms with E-state index >= 15 is 0 Å². The molecule has 0 aliphatic rings. The van der Waals surface area contributed by atoms with Crippen molar-refractivity contribution in [3.05, 3.63) is 10.6 Å². The Hall–Kier alpha value is -0.560. The van der Waals surface area contributed by atoms with Gasteiger partial charge in [0.05, 0.1) is 0 Å². The summed E-state index contributed by atoms with van der Waals surface area (Å²) in [6.07, 6.45) is 0.490. The Labute approximate surface area is 86.9 Å². The molecule has 6 heteroatoms. The smallest absolute Gasteiger partial charge is 0.150 e. The molecule has 1 aromatic rings. The van der Waals surface area contributed by atoms with Crippen molar-refractivity contribution in [2.45, 2.75) is 0 Å². The lowest BCUT2D eigenvalue weighted by atomic mass is 9.65. The first kappa shape index (κ1) is 10.5. The lowest BCUT2D eigenvalue weighted by Crippen LogP contribution is -2.49. The topological polar surface area (TPSA) is 17.1 Å². The third-order valence-electron chi connectivity index (χ3n) is 1.75. The molecule has 1 rings (SSSR count). The molecule has 0 fully saturated rings. The number of carbonyl (C=O) groups is 1. The van der Waals surface area contributed by atoms with Crippen molar-refractivity contribution in [2.75, 3.05) is 0 Å². The van der Waals surface area contributed by atoms with Gasteiger partial charge in [-0.3, -0.25) is 4.79 Å². The van der Waals surface area contributed by atoms with E-state index in [0.717, 1.165) is 0 Å². The van der Waals surface area contributed by atoms with Crippen LogP contribution in [0.3, 0.4) is 0 Å². The fourth-order valence-corrected chi connectivity index (χ4v) is 1.18. The van der Waals surface area contributed by atoms with Crippen molar-refractivity contribution in [1.82, 2.24) is 0 Å². The van der Waals surface area contributed by atoms with E-state index in [0.29, 0.717) is 6.29 Å². The molecule has 1 aromatic carbocycles. The second kappa shape index (κ2) is 3.67. The van der Waals surface area contributed by atoms with Crippen LogP contribution in [-0.4, -0.2) is 37.7 Å². The highest BCUT2D eigenvalue weighted by atomic mass is 35.5. The minimum absolute atomic E-state index is 0.0409. The first-order valence-electron chi connectivity index (χ1n) is 3.37. The van der Waals surface area contributed by atoms with Crippen LogP contribution in [0.5, 0.6) is 0 Å². The SMILES string of the molecule is [B]c1c([B])c([B])c(C=O)c(Cl)c1[B]. The first-order valence-corrected chi connectivity index (χ1v) is 3.75. The van der Waals surface area contributed by atoms with E-state index in [-0.39, 0.29) is 32.4 Å². The summed E-state index contributed by atoms with van der Waals surface area (Å²) in [4.78, 5) is 10.5. The molecule has 8 radical (unpaired) electrons. The van der Waals surface area contributed by atoms with Crippen LogP contribution in [0.25, 0.3) is 0 Å². The summed E-state index contributed by atoms with van der Waals surface area (Å²) in [5.74, 6) is 0. The average molecular weight is 180 g/mol. The van der Waals surface area contributed by atoms with Crippen LogP contribution >= 0.6 is 11.6 Å². The van der Waals surface area contributed by atoms with Gasteiger partial charge in [-0.15, -0.1) is 10.9 Å². The van der Waals surface area contributed by atoms with Crippen molar-refractivity contribution in [3.63, 3.8) is 0 Å². The Kier molecular flexibility index (Phi) is 2.97. The van der Waals surface area contributed by atoms with E-state index in [1.807, 2.05) is 0 Å². The van der Waals surface area contributed by atoms with E-state index in [2.05, 4.69) is 0 Å². The van der Waals surface area contributed by atoms with Gasteiger partial charge in [0, 0.05) is 10.6 Å². The Morgan fingerprint density at radius 3 is 1.85 bits per heavy atom. The summed E-state index contributed by atoms with van der Waals surface area (Å²) in [6, 6.07) is 0. The van der Waals surface area contributed by atoms with E-state index in [1.165, 1.54) is 0 Å². The molecule has 0 aliphatic heterocycles. The third-order valence-corrected chi connectivity index (χ3v) is 2.16. The highest BCUT2D eigenvalue weighted by Crippen LogP contribution is 2.04. The van der Waals surface area contributed by atoms with Crippen molar-refractivity contribution >= 4 is 71.1 Å². The molecule has 0 bridgehead atoms. The largest absolute Gasteiger partial charge is 0.298 e. The molecule has 0 saturated heterocycles. The first-order chi connectivity index (χ1) is 6.00. The van der Waals surface area contributed by atoms with Crippen LogP contribution < -0.4 is 21.9 Å². The molecule has 13 heavy (non-hydrogen) atoms. The average Bonchev–Trinajstić information content (AvgIpc) is 2.13. The quantitative estimate of drug-likeness (QED) is 0.340. The Balaban J connectivity index is 3.66. The summed E-state index contributed by atoms with van der Waals surface area (Å²) < 4.78 is 0. The fraction of sp³-hybridized carbons (Fsp3) is 0. The van der Waals surface area contributed by atoms with Crippen molar-refractivity contribution in [1.29, 1.82) is 0 Å². The van der Waals surface area contributed by atoms with Gasteiger partial charge in [-0.05, 0) is 0 Å². The third kappa shape index (κ3) is 1.58. The standard InChI is InChI=1S/C7HB4ClO/c8-3-2(1-13)7(12)6(11)5(10)4(3)9/h1H. The number of hydrogen-bond donors (Lipinski definition) is 0. The van der Waals surface area contributed by atoms with Gasteiger partial charge in [0.1, 0.15) is 31.4 Å². The van der Waals surface area contributed by atoms with E-state index in [1.54, 1.807) is 0 Å². The minimum atomic E-state index is 0.0409. The molecule has 0 unspecified atom stereocenters. The van der Waals surface area contributed by atoms with Crippen LogP contribution in [0.1, 0.15) is 10.4 Å². The molecule has 1 nitrogen and oxygen atoms in total. The predicted octanol–water partition coefficient (Wildman–Crippen LogP) is -2.67. The fourth-order valence-electron chi connectivity index (χ4n) is 0.932. The molecule has 0 amide bonds. The minimum Gasteiger partial charge on any atom is -0.298 e. The van der Waals surface area contributed by atoms with Gasteiger partial charge in [0.25, 0.3) is 0 Å². The van der Waals surface area contributed by atoms with Crippen LogP contribution in [0, 0.1) is 0 Å². The van der Waals surface area contributed by atoms with Crippen LogP contribution in [0.2, 0.25) is 5.02 Å². The van der Waals surface area contributed by atoms with E-state index in [9.17, 15) is 4.79 Å². The molecule has 0 N–H and O–H groups in total. The molecule has 0 spiro atoms. The molecular weight excluding hydrogens is 179 g/mol. The maximum atomic E-state index is 10.5. The molecule has 0 aliphatic carbocycles. The van der Waals surface area contributed by atoms with Crippen LogP contribution in [-0.2, 0) is 0 Å². The second-order valence-electron chi connectivity index (χ2n) is 2.50. The Bertz CT molecular complexity index is 348. The maximum Gasteiger partial charge on any atom is 0.150 e. The van der Waals surface area contributed by atoms with E-state index < -0.39 is 0 Å². The zero-order chi connectivity index (χ0) is 10.2. The summed E-state index contributed by atoms with van der Waals surface area (Å²) in [7, 11) is 21.9. The molecule has 0 aromatic heterocycles. The van der Waals surface area contributed by atoms with Crippen molar-refractivity contribution in [3.8, 4) is 0 Å². The summed E-state index contributed by atoms with van der Waals surface area (Å²) in [6.45, 7) is 0. The Morgan fingerprint density at radius 1 is 0.923 bits per heavy atom. The zero-order valence-corrected chi connectivity index (χ0v) is 7.43. The van der Waals surface area contributed by atoms with Crippen LogP contribution in [0.4, 0.5) is 0 Å². The summed E-state index contributed by atoms with van der Waals surface area (Å²) in [5, 5.41) is 0.0409. The zero-order valence-electron chi connectivity index (χ0n) is 6.67. The van der Waals surface area contributed by atoms with Gasteiger partial charge < -0.3 is 0 Å². The van der Waals surface area contributed by atoms with Crippen LogP contribution in [0.15, 0.2) is 0 Å². The second-order valence-corrected chi connectivity index (χ2v) is 2.88. The lowest BCUT2D eigenvalue weighted by molar-refractivity contribution is 0.112. The number of hydrogen-bond acceptors (Lipinski definition) is 1. The van der Waals surface area contributed by atoms with Gasteiger partial charge in [0.15, 0.2) is 6.29 Å². The highest BCUT2D eigenvalue weighted by molar-refractivity contribution is 6.66. The van der Waals surface area contributed by atoms with Crippen molar-refractivity contribution in [2.24, 2.45) is 0 Å². The molecular formula is C7HB4ClO.